The van der Waals surface area contributed by atoms with Crippen molar-refractivity contribution in [1.82, 2.24) is 29.3 Å². The average molecular weight is 505 g/mol. The largest absolute Gasteiger partial charge is 0.455 e. The van der Waals surface area contributed by atoms with Gasteiger partial charge in [0.25, 0.3) is 0 Å². The Labute approximate surface area is 214 Å². The summed E-state index contributed by atoms with van der Waals surface area (Å²) >= 11 is 0. The van der Waals surface area contributed by atoms with E-state index in [2.05, 4.69) is 47.4 Å². The quantitative estimate of drug-likeness (QED) is 0.353. The molecule has 0 unspecified atom stereocenters. The second-order valence-corrected chi connectivity index (χ2v) is 10.6. The van der Waals surface area contributed by atoms with E-state index < -0.39 is 0 Å². The van der Waals surface area contributed by atoms with Crippen molar-refractivity contribution in [2.75, 3.05) is 10.6 Å². The Kier molecular flexibility index (Phi) is 6.10. The van der Waals surface area contributed by atoms with Crippen LogP contribution in [0.4, 0.5) is 17.6 Å². The Balaban J connectivity index is 1.43. The summed E-state index contributed by atoms with van der Waals surface area (Å²) in [7, 11) is 1.92. The van der Waals surface area contributed by atoms with Crippen molar-refractivity contribution in [2.24, 2.45) is 7.05 Å². The molecule has 0 aromatic carbocycles. The maximum atomic E-state index is 11.4. The number of aliphatic hydroxyl groups excluding tert-OH is 1. The molecule has 0 radical (unpaired) electrons. The van der Waals surface area contributed by atoms with Gasteiger partial charge in [-0.15, -0.1) is 0 Å². The van der Waals surface area contributed by atoms with E-state index in [-0.39, 0.29) is 23.5 Å². The number of pyridine rings is 2. The molecule has 37 heavy (non-hydrogen) atoms. The van der Waals surface area contributed by atoms with Crippen LogP contribution in [0, 0.1) is 6.92 Å². The van der Waals surface area contributed by atoms with Crippen LogP contribution >= 0.6 is 0 Å². The minimum atomic E-state index is -0.257. The van der Waals surface area contributed by atoms with E-state index in [9.17, 15) is 9.90 Å². The van der Waals surface area contributed by atoms with Gasteiger partial charge in [0.2, 0.25) is 11.9 Å². The number of amides is 1. The van der Waals surface area contributed by atoms with Crippen LogP contribution in [-0.4, -0.2) is 46.4 Å². The number of imidazole rings is 1. The first-order valence-electron chi connectivity index (χ1n) is 12.3. The Morgan fingerprint density at radius 3 is 2.62 bits per heavy atom. The molecule has 1 aliphatic rings. The number of anilines is 3. The van der Waals surface area contributed by atoms with Crippen molar-refractivity contribution >= 4 is 34.7 Å². The molecule has 1 saturated carbocycles. The van der Waals surface area contributed by atoms with Crippen LogP contribution in [0.5, 0.6) is 11.5 Å². The Morgan fingerprint density at radius 1 is 1.19 bits per heavy atom. The Morgan fingerprint density at radius 2 is 1.95 bits per heavy atom. The number of carbonyl (C=O) groups is 1. The number of carbonyl (C=O) groups excluding carboxylic acids is 1. The van der Waals surface area contributed by atoms with Crippen LogP contribution in [-0.2, 0) is 17.3 Å². The number of nitrogens with zero attached hydrogens (tertiary/aromatic N) is 6. The summed E-state index contributed by atoms with van der Waals surface area (Å²) in [5, 5.41) is 20.7. The molecule has 0 bridgehead atoms. The van der Waals surface area contributed by atoms with Gasteiger partial charge in [0.15, 0.2) is 17.2 Å². The molecule has 0 aliphatic heterocycles. The van der Waals surface area contributed by atoms with Crippen molar-refractivity contribution in [3.05, 3.63) is 41.9 Å². The van der Waals surface area contributed by atoms with E-state index in [1.807, 2.05) is 23.2 Å². The predicted molar refractivity (Wildman–Crippen MR) is 140 cm³/mol. The molecule has 5 rings (SSSR count). The summed E-state index contributed by atoms with van der Waals surface area (Å²) in [5.74, 6) is 2.62. The highest BCUT2D eigenvalue weighted by molar-refractivity contribution is 5.87. The number of nitrogens with one attached hydrogen (secondary N) is 2. The summed E-state index contributed by atoms with van der Waals surface area (Å²) in [6, 6.07) is 5.62. The fraction of sp³-hybridized carbons (Fsp3) is 0.423. The number of ether oxygens (including phenoxy) is 1. The number of rotatable bonds is 6. The third kappa shape index (κ3) is 4.86. The number of fused-ring (bicyclic) bond motifs is 1. The smallest absolute Gasteiger partial charge is 0.222 e. The molecular formula is C26H32N8O3. The Bertz CT molecular complexity index is 1480. The van der Waals surface area contributed by atoms with Crippen LogP contribution in [0.3, 0.4) is 0 Å². The molecule has 4 aromatic heterocycles. The molecule has 1 amide bonds. The summed E-state index contributed by atoms with van der Waals surface area (Å²) in [6.45, 7) is 9.86. The standard InChI is InChI=1S/C26H32N8O3/c1-14-19(37-18-7-8-27-21(11-18)29-15(2)35)13-28-24-23(14)33(6)25(31-24)30-22-12-20(26(3,4)5)34(32-22)16-9-17(36)10-16/h7-8,11-13,16-17,36H,9-10H2,1-6H3,(H,27,29,35)(H,28,30,31,32). The third-order valence-corrected chi connectivity index (χ3v) is 6.55. The van der Waals surface area contributed by atoms with E-state index in [0.29, 0.717) is 47.6 Å². The molecule has 3 N–H and O–H groups in total. The minimum Gasteiger partial charge on any atom is -0.455 e. The summed E-state index contributed by atoms with van der Waals surface area (Å²) in [4.78, 5) is 24.7. The fourth-order valence-corrected chi connectivity index (χ4v) is 4.56. The van der Waals surface area contributed by atoms with E-state index in [4.69, 9.17) is 14.8 Å². The van der Waals surface area contributed by atoms with Gasteiger partial charge in [0, 0.05) is 49.0 Å². The van der Waals surface area contributed by atoms with E-state index in [1.54, 1.807) is 24.5 Å². The maximum absolute atomic E-state index is 11.4. The van der Waals surface area contributed by atoms with Gasteiger partial charge < -0.3 is 25.0 Å². The molecule has 1 fully saturated rings. The minimum absolute atomic E-state index is 0.100. The van der Waals surface area contributed by atoms with Gasteiger partial charge in [-0.05, 0) is 25.8 Å². The molecule has 1 aliphatic carbocycles. The van der Waals surface area contributed by atoms with Gasteiger partial charge in [0.1, 0.15) is 11.6 Å². The average Bonchev–Trinajstić information content (AvgIpc) is 3.35. The first-order valence-corrected chi connectivity index (χ1v) is 12.3. The highest BCUT2D eigenvalue weighted by Crippen LogP contribution is 2.38. The predicted octanol–water partition coefficient (Wildman–Crippen LogP) is 4.36. The first-order chi connectivity index (χ1) is 17.5. The molecule has 11 nitrogen and oxygen atoms in total. The van der Waals surface area contributed by atoms with Crippen molar-refractivity contribution in [1.29, 1.82) is 0 Å². The zero-order valence-corrected chi connectivity index (χ0v) is 21.9. The monoisotopic (exact) mass is 504 g/mol. The van der Waals surface area contributed by atoms with Gasteiger partial charge >= 0.3 is 0 Å². The van der Waals surface area contributed by atoms with Crippen molar-refractivity contribution in [3.8, 4) is 11.5 Å². The SMILES string of the molecule is CC(=O)Nc1cc(Oc2cnc3nc(Nc4cc(C(C)(C)C)n(C5CC(O)C5)n4)n(C)c3c2C)ccn1. The van der Waals surface area contributed by atoms with Crippen LogP contribution in [0.25, 0.3) is 11.2 Å². The first kappa shape index (κ1) is 24.7. The lowest BCUT2D eigenvalue weighted by Gasteiger charge is -2.34. The van der Waals surface area contributed by atoms with Crippen molar-refractivity contribution in [3.63, 3.8) is 0 Å². The number of hydrogen-bond donors (Lipinski definition) is 3. The number of aryl methyl sites for hydroxylation is 2. The lowest BCUT2D eigenvalue weighted by atomic mass is 9.87. The molecule has 0 atom stereocenters. The molecule has 194 valence electrons. The topological polar surface area (TPSA) is 132 Å². The van der Waals surface area contributed by atoms with E-state index in [1.165, 1.54) is 6.92 Å². The van der Waals surface area contributed by atoms with Crippen molar-refractivity contribution in [2.45, 2.75) is 65.0 Å². The zero-order chi connectivity index (χ0) is 26.5. The zero-order valence-electron chi connectivity index (χ0n) is 21.9. The van der Waals surface area contributed by atoms with E-state index in [0.717, 1.165) is 16.8 Å². The molecular weight excluding hydrogens is 472 g/mol. The fourth-order valence-electron chi connectivity index (χ4n) is 4.56. The highest BCUT2D eigenvalue weighted by Gasteiger charge is 2.34. The maximum Gasteiger partial charge on any atom is 0.222 e. The summed E-state index contributed by atoms with van der Waals surface area (Å²) in [6.07, 6.45) is 4.39. The normalized spacial score (nSPS) is 17.5. The molecule has 0 spiro atoms. The summed E-state index contributed by atoms with van der Waals surface area (Å²) < 4.78 is 10.1. The van der Waals surface area contributed by atoms with Crippen LogP contribution in [0.2, 0.25) is 0 Å². The Hall–Kier alpha value is -3.99. The van der Waals surface area contributed by atoms with Gasteiger partial charge in [0.05, 0.1) is 23.9 Å². The summed E-state index contributed by atoms with van der Waals surface area (Å²) in [5.41, 5.74) is 3.29. The highest BCUT2D eigenvalue weighted by atomic mass is 16.5. The lowest BCUT2D eigenvalue weighted by Crippen LogP contribution is -2.34. The van der Waals surface area contributed by atoms with Crippen LogP contribution < -0.4 is 15.4 Å². The van der Waals surface area contributed by atoms with Crippen LogP contribution in [0.15, 0.2) is 30.6 Å². The van der Waals surface area contributed by atoms with Gasteiger partial charge in [-0.1, -0.05) is 20.8 Å². The second kappa shape index (κ2) is 9.15. The molecule has 4 heterocycles. The molecule has 0 saturated heterocycles. The number of hydrogen-bond acceptors (Lipinski definition) is 8. The molecule has 11 heteroatoms. The third-order valence-electron chi connectivity index (χ3n) is 6.55. The van der Waals surface area contributed by atoms with Crippen LogP contribution in [0.1, 0.15) is 57.8 Å². The van der Waals surface area contributed by atoms with E-state index >= 15 is 0 Å². The van der Waals surface area contributed by atoms with Crippen molar-refractivity contribution < 1.29 is 14.6 Å². The van der Waals surface area contributed by atoms with Gasteiger partial charge in [-0.3, -0.25) is 9.48 Å². The molecule has 4 aromatic rings. The number of aromatic nitrogens is 6. The lowest BCUT2D eigenvalue weighted by molar-refractivity contribution is -0.114. The van der Waals surface area contributed by atoms with Gasteiger partial charge in [-0.25, -0.2) is 9.97 Å². The second-order valence-electron chi connectivity index (χ2n) is 10.6. The van der Waals surface area contributed by atoms with Gasteiger partial charge in [-0.2, -0.15) is 10.1 Å². The number of aliphatic hydroxyl groups is 1.